The van der Waals surface area contributed by atoms with Gasteiger partial charge < -0.3 is 4.90 Å². The van der Waals surface area contributed by atoms with E-state index in [2.05, 4.69) is 38.9 Å². The number of hydrogen-bond acceptors (Lipinski definition) is 4. The van der Waals surface area contributed by atoms with Crippen LogP contribution < -0.4 is 9.62 Å². The van der Waals surface area contributed by atoms with Crippen LogP contribution in [0.15, 0.2) is 42.6 Å². The summed E-state index contributed by atoms with van der Waals surface area (Å²) in [6.07, 6.45) is 3.84. The predicted octanol–water partition coefficient (Wildman–Crippen LogP) is 2.02. The molecule has 5 nitrogen and oxygen atoms in total. The second-order valence-electron chi connectivity index (χ2n) is 5.22. The van der Waals surface area contributed by atoms with Crippen LogP contribution in [0.5, 0.6) is 0 Å². The van der Waals surface area contributed by atoms with Crippen LogP contribution in [-0.4, -0.2) is 26.2 Å². The van der Waals surface area contributed by atoms with Crippen LogP contribution in [-0.2, 0) is 23.0 Å². The van der Waals surface area contributed by atoms with Crippen LogP contribution in [0, 0.1) is 0 Å². The number of pyridine rings is 1. The number of rotatable bonds is 3. The fraction of sp³-hybridized carbons (Fsp3) is 0.267. The molecule has 1 aliphatic heterocycles. The van der Waals surface area contributed by atoms with Crippen molar-refractivity contribution in [3.8, 4) is 0 Å². The number of anilines is 2. The molecule has 1 aliphatic rings. The lowest BCUT2D eigenvalue weighted by atomic mass is 10.00. The van der Waals surface area contributed by atoms with Gasteiger partial charge in [-0.15, -0.1) is 0 Å². The van der Waals surface area contributed by atoms with Crippen molar-refractivity contribution in [1.29, 1.82) is 0 Å². The summed E-state index contributed by atoms with van der Waals surface area (Å²) in [5, 5.41) is 0. The molecule has 0 saturated heterocycles. The zero-order valence-electron chi connectivity index (χ0n) is 11.8. The molecule has 1 N–H and O–H groups in total. The topological polar surface area (TPSA) is 62.3 Å². The summed E-state index contributed by atoms with van der Waals surface area (Å²) in [4.78, 5) is 6.41. The summed E-state index contributed by atoms with van der Waals surface area (Å²) in [6.45, 7) is 1.80. The van der Waals surface area contributed by atoms with Crippen LogP contribution in [0.2, 0.25) is 0 Å². The standard InChI is InChI=1S/C15H17N3O2S/c1-21(19,20)17-15-7-6-14(10-16-15)18-9-8-12-4-2-3-5-13(12)11-18/h2-7,10H,8-9,11H2,1H3,(H,16,17). The molecule has 0 spiro atoms. The summed E-state index contributed by atoms with van der Waals surface area (Å²) in [6, 6.07) is 12.0. The number of benzene rings is 1. The van der Waals surface area contributed by atoms with Crippen LogP contribution in [0.3, 0.4) is 0 Å². The van der Waals surface area contributed by atoms with Gasteiger partial charge in [-0.2, -0.15) is 0 Å². The SMILES string of the molecule is CS(=O)(=O)Nc1ccc(N2CCc3ccccc3C2)cn1. The Bertz CT molecular complexity index is 742. The molecule has 0 amide bonds. The molecule has 21 heavy (non-hydrogen) atoms. The van der Waals surface area contributed by atoms with Gasteiger partial charge in [0.05, 0.1) is 18.1 Å². The molecular formula is C15H17N3O2S. The van der Waals surface area contributed by atoms with Gasteiger partial charge in [-0.1, -0.05) is 24.3 Å². The summed E-state index contributed by atoms with van der Waals surface area (Å²) >= 11 is 0. The number of sulfonamides is 1. The molecule has 0 radical (unpaired) electrons. The van der Waals surface area contributed by atoms with E-state index in [0.29, 0.717) is 5.82 Å². The van der Waals surface area contributed by atoms with Crippen molar-refractivity contribution in [3.63, 3.8) is 0 Å². The Morgan fingerprint density at radius 1 is 1.14 bits per heavy atom. The first-order valence-electron chi connectivity index (χ1n) is 6.77. The van der Waals surface area contributed by atoms with E-state index in [1.165, 1.54) is 11.1 Å². The quantitative estimate of drug-likeness (QED) is 0.942. The molecule has 3 rings (SSSR count). The van der Waals surface area contributed by atoms with Crippen molar-refractivity contribution in [2.24, 2.45) is 0 Å². The molecule has 2 aromatic rings. The van der Waals surface area contributed by atoms with Gasteiger partial charge in [0.15, 0.2) is 0 Å². The minimum Gasteiger partial charge on any atom is -0.366 e. The van der Waals surface area contributed by atoms with Gasteiger partial charge in [-0.25, -0.2) is 13.4 Å². The number of hydrogen-bond donors (Lipinski definition) is 1. The third-order valence-corrected chi connectivity index (χ3v) is 4.11. The molecular weight excluding hydrogens is 286 g/mol. The van der Waals surface area contributed by atoms with Gasteiger partial charge in [-0.05, 0) is 29.7 Å². The van der Waals surface area contributed by atoms with Crippen molar-refractivity contribution in [3.05, 3.63) is 53.7 Å². The summed E-state index contributed by atoms with van der Waals surface area (Å²) in [5.41, 5.74) is 3.74. The molecule has 0 fully saturated rings. The van der Waals surface area contributed by atoms with Gasteiger partial charge in [0.1, 0.15) is 5.82 Å². The highest BCUT2D eigenvalue weighted by Crippen LogP contribution is 2.24. The first-order valence-corrected chi connectivity index (χ1v) is 8.66. The molecule has 1 aromatic heterocycles. The fourth-order valence-electron chi connectivity index (χ4n) is 2.54. The maximum atomic E-state index is 11.2. The Kier molecular flexibility index (Phi) is 3.55. The smallest absolute Gasteiger partial charge is 0.230 e. The molecule has 0 unspecified atom stereocenters. The van der Waals surface area contributed by atoms with Crippen molar-refractivity contribution in [2.75, 3.05) is 22.4 Å². The lowest BCUT2D eigenvalue weighted by Gasteiger charge is -2.30. The molecule has 1 aromatic carbocycles. The van der Waals surface area contributed by atoms with Gasteiger partial charge in [0, 0.05) is 13.1 Å². The van der Waals surface area contributed by atoms with E-state index >= 15 is 0 Å². The van der Waals surface area contributed by atoms with Gasteiger partial charge in [-0.3, -0.25) is 4.72 Å². The average molecular weight is 303 g/mol. The van der Waals surface area contributed by atoms with Crippen LogP contribution >= 0.6 is 0 Å². The Morgan fingerprint density at radius 3 is 2.57 bits per heavy atom. The summed E-state index contributed by atoms with van der Waals surface area (Å²) in [7, 11) is -3.28. The molecule has 2 heterocycles. The van der Waals surface area contributed by atoms with E-state index in [1.54, 1.807) is 12.3 Å². The minimum atomic E-state index is -3.28. The van der Waals surface area contributed by atoms with Crippen molar-refractivity contribution < 1.29 is 8.42 Å². The molecule has 6 heteroatoms. The molecule has 0 atom stereocenters. The van der Waals surface area contributed by atoms with Crippen molar-refractivity contribution >= 4 is 21.5 Å². The highest BCUT2D eigenvalue weighted by Gasteiger charge is 2.16. The maximum absolute atomic E-state index is 11.2. The van der Waals surface area contributed by atoms with Gasteiger partial charge in [0.25, 0.3) is 0 Å². The Hall–Kier alpha value is -2.08. The van der Waals surface area contributed by atoms with Gasteiger partial charge >= 0.3 is 0 Å². The van der Waals surface area contributed by atoms with Gasteiger partial charge in [0.2, 0.25) is 10.0 Å². The van der Waals surface area contributed by atoms with E-state index in [4.69, 9.17) is 0 Å². The first kappa shape index (κ1) is 13.9. The number of aromatic nitrogens is 1. The van der Waals surface area contributed by atoms with E-state index in [1.807, 2.05) is 6.07 Å². The predicted molar refractivity (Wildman–Crippen MR) is 83.9 cm³/mol. The summed E-state index contributed by atoms with van der Waals surface area (Å²) < 4.78 is 24.7. The highest BCUT2D eigenvalue weighted by molar-refractivity contribution is 7.92. The largest absolute Gasteiger partial charge is 0.366 e. The Labute approximate surface area is 124 Å². The minimum absolute atomic E-state index is 0.346. The number of nitrogens with zero attached hydrogens (tertiary/aromatic N) is 2. The van der Waals surface area contributed by atoms with Crippen LogP contribution in [0.25, 0.3) is 0 Å². The molecule has 0 bridgehead atoms. The third kappa shape index (κ3) is 3.33. The first-order chi connectivity index (χ1) is 10.0. The Balaban J connectivity index is 1.77. The zero-order chi connectivity index (χ0) is 14.9. The highest BCUT2D eigenvalue weighted by atomic mass is 32.2. The average Bonchev–Trinajstić information content (AvgIpc) is 2.46. The van der Waals surface area contributed by atoms with E-state index in [0.717, 1.165) is 31.5 Å². The molecule has 110 valence electrons. The molecule has 0 saturated carbocycles. The monoisotopic (exact) mass is 303 g/mol. The van der Waals surface area contributed by atoms with Crippen LogP contribution in [0.4, 0.5) is 11.5 Å². The van der Waals surface area contributed by atoms with Crippen molar-refractivity contribution in [1.82, 2.24) is 4.98 Å². The fourth-order valence-corrected chi connectivity index (χ4v) is 3.04. The van der Waals surface area contributed by atoms with Crippen molar-refractivity contribution in [2.45, 2.75) is 13.0 Å². The summed E-state index contributed by atoms with van der Waals surface area (Å²) in [5.74, 6) is 0.346. The maximum Gasteiger partial charge on any atom is 0.230 e. The van der Waals surface area contributed by atoms with E-state index in [9.17, 15) is 8.42 Å². The lowest BCUT2D eigenvalue weighted by Crippen LogP contribution is -2.30. The second kappa shape index (κ2) is 5.37. The lowest BCUT2D eigenvalue weighted by molar-refractivity contribution is 0.606. The van der Waals surface area contributed by atoms with Crippen LogP contribution in [0.1, 0.15) is 11.1 Å². The number of nitrogens with one attached hydrogen (secondary N) is 1. The Morgan fingerprint density at radius 2 is 1.90 bits per heavy atom. The second-order valence-corrected chi connectivity index (χ2v) is 6.96. The van der Waals surface area contributed by atoms with E-state index < -0.39 is 10.0 Å². The normalized spacial score (nSPS) is 14.6. The molecule has 0 aliphatic carbocycles. The van der Waals surface area contributed by atoms with E-state index in [-0.39, 0.29) is 0 Å². The number of fused-ring (bicyclic) bond motifs is 1. The third-order valence-electron chi connectivity index (χ3n) is 3.53. The zero-order valence-corrected chi connectivity index (χ0v) is 12.6.